The highest BCUT2D eigenvalue weighted by Crippen LogP contribution is 2.40. The summed E-state index contributed by atoms with van der Waals surface area (Å²) >= 11 is 6.36. The molecule has 2 aliphatic rings. The van der Waals surface area contributed by atoms with Crippen LogP contribution in [0.1, 0.15) is 35.2 Å². The van der Waals surface area contributed by atoms with Crippen molar-refractivity contribution in [3.8, 4) is 0 Å². The fourth-order valence-corrected chi connectivity index (χ4v) is 4.87. The van der Waals surface area contributed by atoms with Gasteiger partial charge in [0.15, 0.2) is 0 Å². The molecule has 0 unspecified atom stereocenters. The molecule has 27 heavy (non-hydrogen) atoms. The molecule has 0 aliphatic carbocycles. The van der Waals surface area contributed by atoms with Crippen LogP contribution in [-0.4, -0.2) is 47.6 Å². The number of hydrogen-bond donors (Lipinski definition) is 0. The molecule has 0 radical (unpaired) electrons. The lowest BCUT2D eigenvalue weighted by molar-refractivity contribution is 0.0165. The Labute approximate surface area is 163 Å². The molecule has 4 rings (SSSR count). The number of fused-ring (bicyclic) bond motifs is 3. The summed E-state index contributed by atoms with van der Waals surface area (Å²) in [5.41, 5.74) is 1.46. The van der Waals surface area contributed by atoms with E-state index in [1.54, 1.807) is 4.90 Å². The van der Waals surface area contributed by atoms with Gasteiger partial charge in [0.1, 0.15) is 6.10 Å². The first kappa shape index (κ1) is 18.1. The van der Waals surface area contributed by atoms with Gasteiger partial charge < -0.3 is 9.47 Å². The van der Waals surface area contributed by atoms with E-state index < -0.39 is 0 Å². The maximum Gasteiger partial charge on any atom is 0.410 e. The van der Waals surface area contributed by atoms with Crippen LogP contribution in [0.2, 0.25) is 0 Å². The molecule has 2 aliphatic heterocycles. The number of rotatable bonds is 2. The van der Waals surface area contributed by atoms with Crippen molar-refractivity contribution in [3.05, 3.63) is 47.5 Å². The first-order chi connectivity index (χ1) is 13.0. The zero-order valence-corrected chi connectivity index (χ0v) is 16.1. The van der Waals surface area contributed by atoms with Gasteiger partial charge in [0.05, 0.1) is 18.7 Å². The van der Waals surface area contributed by atoms with Crippen LogP contribution in [0.4, 0.5) is 4.79 Å². The molecule has 2 aromatic carbocycles. The number of alkyl halides is 1. The Hall–Kier alpha value is -2.27. The fraction of sp³-hybridized carbons (Fsp3) is 0.429. The number of piperidine rings is 1. The van der Waals surface area contributed by atoms with Crippen LogP contribution in [0.3, 0.4) is 0 Å². The van der Waals surface area contributed by atoms with Gasteiger partial charge in [0.2, 0.25) is 0 Å². The normalized spacial score (nSPS) is 26.9. The summed E-state index contributed by atoms with van der Waals surface area (Å²) in [6.07, 6.45) is 1.13. The molecule has 2 aromatic rings. The standard InChI is InChI=1S/C21H22ClNO4/c1-12-7-8-13-5-3-4-6-16(13)19(12)20(24)27-18-11-15-9-14(22)10-17(18)23(15)21(25)26-2/h3-8,14-15,17-18H,9-11H2,1-2H3/t14-,15+,17-,18+/m0/s1. The highest BCUT2D eigenvalue weighted by molar-refractivity contribution is 6.20. The molecule has 0 aromatic heterocycles. The zero-order valence-electron chi connectivity index (χ0n) is 15.4. The summed E-state index contributed by atoms with van der Waals surface area (Å²) in [7, 11) is 1.37. The SMILES string of the molecule is COC(=O)N1[C@@H]2C[C@H](Cl)C[C@H]1[C@H](OC(=O)c1c(C)ccc3ccccc13)C2. The largest absolute Gasteiger partial charge is 0.456 e. The van der Waals surface area contributed by atoms with Crippen LogP contribution in [0.25, 0.3) is 10.8 Å². The molecule has 2 bridgehead atoms. The van der Waals surface area contributed by atoms with Gasteiger partial charge in [-0.3, -0.25) is 4.90 Å². The number of methoxy groups -OCH3 is 1. The first-order valence-corrected chi connectivity index (χ1v) is 9.63. The number of hydrogen-bond acceptors (Lipinski definition) is 4. The molecular weight excluding hydrogens is 366 g/mol. The van der Waals surface area contributed by atoms with E-state index in [1.807, 2.05) is 43.3 Å². The molecule has 4 atom stereocenters. The number of nitrogens with zero attached hydrogens (tertiary/aromatic N) is 1. The third-order valence-electron chi connectivity index (χ3n) is 5.69. The van der Waals surface area contributed by atoms with Crippen LogP contribution in [-0.2, 0) is 9.47 Å². The van der Waals surface area contributed by atoms with Gasteiger partial charge in [-0.25, -0.2) is 9.59 Å². The third kappa shape index (κ3) is 3.14. The van der Waals surface area contributed by atoms with Crippen LogP contribution >= 0.6 is 11.6 Å². The Bertz CT molecular complexity index is 899. The summed E-state index contributed by atoms with van der Waals surface area (Å²) in [5.74, 6) is -0.349. The van der Waals surface area contributed by atoms with Gasteiger partial charge in [-0.05, 0) is 36.1 Å². The summed E-state index contributed by atoms with van der Waals surface area (Å²) < 4.78 is 10.9. The summed E-state index contributed by atoms with van der Waals surface area (Å²) in [6, 6.07) is 11.4. The molecule has 2 saturated heterocycles. The zero-order chi connectivity index (χ0) is 19.1. The molecule has 1 amide bonds. The number of aryl methyl sites for hydroxylation is 1. The first-order valence-electron chi connectivity index (χ1n) is 9.19. The molecule has 0 saturated carbocycles. The van der Waals surface area contributed by atoms with Gasteiger partial charge in [-0.15, -0.1) is 11.6 Å². The predicted molar refractivity (Wildman–Crippen MR) is 103 cm³/mol. The van der Waals surface area contributed by atoms with Gasteiger partial charge >= 0.3 is 12.1 Å². The second-order valence-electron chi connectivity index (χ2n) is 7.33. The maximum atomic E-state index is 13.1. The number of esters is 1. The molecule has 0 N–H and O–H groups in total. The van der Waals surface area contributed by atoms with E-state index in [-0.39, 0.29) is 35.6 Å². The van der Waals surface area contributed by atoms with Crippen LogP contribution in [0, 0.1) is 6.92 Å². The lowest BCUT2D eigenvalue weighted by atomic mass is 9.99. The van der Waals surface area contributed by atoms with Crippen molar-refractivity contribution < 1.29 is 19.1 Å². The van der Waals surface area contributed by atoms with Crippen LogP contribution in [0.5, 0.6) is 0 Å². The quantitative estimate of drug-likeness (QED) is 0.570. The van der Waals surface area contributed by atoms with E-state index in [0.29, 0.717) is 24.8 Å². The van der Waals surface area contributed by atoms with Gasteiger partial charge in [0, 0.05) is 17.8 Å². The average Bonchev–Trinajstić information content (AvgIpc) is 2.88. The van der Waals surface area contributed by atoms with Gasteiger partial charge in [0.25, 0.3) is 0 Å². The number of carbonyl (C=O) groups excluding carboxylic acids is 2. The molecule has 6 heteroatoms. The van der Waals surface area contributed by atoms with E-state index in [9.17, 15) is 9.59 Å². The van der Waals surface area contributed by atoms with E-state index >= 15 is 0 Å². The summed E-state index contributed by atoms with van der Waals surface area (Å²) in [5, 5.41) is 1.85. The molecule has 142 valence electrons. The summed E-state index contributed by atoms with van der Waals surface area (Å²) in [6.45, 7) is 1.91. The van der Waals surface area contributed by atoms with E-state index in [0.717, 1.165) is 16.3 Å². The Kier molecular flexibility index (Phi) is 4.72. The van der Waals surface area contributed by atoms with Crippen molar-refractivity contribution in [3.63, 3.8) is 0 Å². The second-order valence-corrected chi connectivity index (χ2v) is 7.94. The third-order valence-corrected chi connectivity index (χ3v) is 6.05. The minimum absolute atomic E-state index is 0.0242. The number of benzene rings is 2. The minimum atomic E-state index is -0.381. The van der Waals surface area contributed by atoms with Crippen molar-refractivity contribution in [2.45, 2.75) is 49.8 Å². The Morgan fingerprint density at radius 1 is 1.11 bits per heavy atom. The Morgan fingerprint density at radius 2 is 1.89 bits per heavy atom. The number of ether oxygens (including phenoxy) is 2. The Balaban J connectivity index is 1.62. The second kappa shape index (κ2) is 7.04. The predicted octanol–water partition coefficient (Wildman–Crippen LogP) is 4.28. The molecule has 5 nitrogen and oxygen atoms in total. The molecule has 2 fully saturated rings. The monoisotopic (exact) mass is 387 g/mol. The lowest BCUT2D eigenvalue weighted by Gasteiger charge is -2.36. The lowest BCUT2D eigenvalue weighted by Crippen LogP contribution is -2.49. The van der Waals surface area contributed by atoms with Crippen molar-refractivity contribution >= 4 is 34.4 Å². The van der Waals surface area contributed by atoms with Gasteiger partial charge in [-0.2, -0.15) is 0 Å². The molecule has 2 heterocycles. The van der Waals surface area contributed by atoms with Crippen molar-refractivity contribution in [1.82, 2.24) is 4.90 Å². The number of amides is 1. The highest BCUT2D eigenvalue weighted by Gasteiger charge is 2.51. The van der Waals surface area contributed by atoms with Crippen molar-refractivity contribution in [1.29, 1.82) is 0 Å². The number of halogens is 1. The Morgan fingerprint density at radius 3 is 2.67 bits per heavy atom. The smallest absolute Gasteiger partial charge is 0.410 e. The van der Waals surface area contributed by atoms with Crippen LogP contribution < -0.4 is 0 Å². The molecular formula is C21H22ClNO4. The van der Waals surface area contributed by atoms with Gasteiger partial charge in [-0.1, -0.05) is 36.4 Å². The van der Waals surface area contributed by atoms with Crippen LogP contribution in [0.15, 0.2) is 36.4 Å². The maximum absolute atomic E-state index is 13.1. The number of carbonyl (C=O) groups is 2. The average molecular weight is 388 g/mol. The van der Waals surface area contributed by atoms with E-state index in [2.05, 4.69) is 0 Å². The minimum Gasteiger partial charge on any atom is -0.456 e. The fourth-order valence-electron chi connectivity index (χ4n) is 4.48. The summed E-state index contributed by atoms with van der Waals surface area (Å²) in [4.78, 5) is 26.9. The van der Waals surface area contributed by atoms with E-state index in [4.69, 9.17) is 21.1 Å². The highest BCUT2D eigenvalue weighted by atomic mass is 35.5. The molecule has 0 spiro atoms. The van der Waals surface area contributed by atoms with Crippen molar-refractivity contribution in [2.24, 2.45) is 0 Å². The topological polar surface area (TPSA) is 55.8 Å². The van der Waals surface area contributed by atoms with E-state index in [1.165, 1.54) is 7.11 Å². The van der Waals surface area contributed by atoms with Crippen molar-refractivity contribution in [2.75, 3.05) is 7.11 Å².